The van der Waals surface area contributed by atoms with Gasteiger partial charge < -0.3 is 9.47 Å². The van der Waals surface area contributed by atoms with Crippen LogP contribution in [0.2, 0.25) is 0 Å². The minimum Gasteiger partial charge on any atom is -0.497 e. The van der Waals surface area contributed by atoms with E-state index in [9.17, 15) is 0 Å². The van der Waals surface area contributed by atoms with Gasteiger partial charge in [-0.25, -0.2) is 0 Å². The van der Waals surface area contributed by atoms with Crippen molar-refractivity contribution in [3.8, 4) is 5.75 Å². The average molecular weight is 326 g/mol. The first-order chi connectivity index (χ1) is 11.4. The SMILES string of the molecule is COc1ccc(CC2=CCC[C@@]3(C)CC[C@@H]4C[C@]23OC4(C)C)cc1. The predicted octanol–water partition coefficient (Wildman–Crippen LogP) is 5.31. The van der Waals surface area contributed by atoms with E-state index in [0.717, 1.165) is 12.2 Å². The van der Waals surface area contributed by atoms with Crippen LogP contribution in [0.5, 0.6) is 5.75 Å². The minimum atomic E-state index is -0.0441. The molecule has 3 aliphatic rings. The largest absolute Gasteiger partial charge is 0.497 e. The Morgan fingerprint density at radius 1 is 1.12 bits per heavy atom. The minimum absolute atomic E-state index is 0.00803. The molecule has 2 bridgehead atoms. The molecule has 1 spiro atoms. The highest BCUT2D eigenvalue weighted by molar-refractivity contribution is 5.37. The van der Waals surface area contributed by atoms with Crippen LogP contribution >= 0.6 is 0 Å². The Labute approximate surface area is 146 Å². The molecule has 0 N–H and O–H groups in total. The summed E-state index contributed by atoms with van der Waals surface area (Å²) in [6.07, 6.45) is 9.78. The smallest absolute Gasteiger partial charge is 0.118 e. The molecule has 2 nitrogen and oxygen atoms in total. The van der Waals surface area contributed by atoms with Gasteiger partial charge in [-0.1, -0.05) is 25.1 Å². The number of methoxy groups -OCH3 is 1. The number of rotatable bonds is 3. The highest BCUT2D eigenvalue weighted by Crippen LogP contribution is 2.64. The van der Waals surface area contributed by atoms with E-state index >= 15 is 0 Å². The van der Waals surface area contributed by atoms with Gasteiger partial charge in [0.2, 0.25) is 0 Å². The van der Waals surface area contributed by atoms with E-state index in [0.29, 0.717) is 11.3 Å². The summed E-state index contributed by atoms with van der Waals surface area (Å²) in [6.45, 7) is 7.08. The molecule has 2 aliphatic carbocycles. The first-order valence-corrected chi connectivity index (χ1v) is 9.41. The molecule has 4 rings (SSSR count). The highest BCUT2D eigenvalue weighted by atomic mass is 16.5. The van der Waals surface area contributed by atoms with E-state index in [1.807, 2.05) is 0 Å². The van der Waals surface area contributed by atoms with Crippen LogP contribution in [0.15, 0.2) is 35.9 Å². The quantitative estimate of drug-likeness (QED) is 0.701. The van der Waals surface area contributed by atoms with Crippen molar-refractivity contribution >= 4 is 0 Å². The monoisotopic (exact) mass is 326 g/mol. The second-order valence-corrected chi connectivity index (χ2v) is 8.83. The molecule has 24 heavy (non-hydrogen) atoms. The van der Waals surface area contributed by atoms with Crippen LogP contribution in [0, 0.1) is 11.3 Å². The van der Waals surface area contributed by atoms with Crippen molar-refractivity contribution in [2.24, 2.45) is 11.3 Å². The van der Waals surface area contributed by atoms with Crippen molar-refractivity contribution in [2.75, 3.05) is 7.11 Å². The molecule has 2 heteroatoms. The zero-order chi connectivity index (χ0) is 17.0. The van der Waals surface area contributed by atoms with Gasteiger partial charge in [0, 0.05) is 5.41 Å². The van der Waals surface area contributed by atoms with Crippen molar-refractivity contribution in [2.45, 2.75) is 70.5 Å². The van der Waals surface area contributed by atoms with E-state index in [2.05, 4.69) is 51.1 Å². The summed E-state index contributed by atoms with van der Waals surface area (Å²) in [4.78, 5) is 0. The second-order valence-electron chi connectivity index (χ2n) is 8.83. The number of hydrogen-bond donors (Lipinski definition) is 0. The number of hydrogen-bond acceptors (Lipinski definition) is 2. The molecule has 3 atom stereocenters. The van der Waals surface area contributed by atoms with Crippen molar-refractivity contribution in [3.63, 3.8) is 0 Å². The molecule has 130 valence electrons. The molecule has 1 aromatic rings. The Morgan fingerprint density at radius 3 is 2.58 bits per heavy atom. The Morgan fingerprint density at radius 2 is 1.88 bits per heavy atom. The van der Waals surface area contributed by atoms with Crippen LogP contribution in [-0.2, 0) is 11.2 Å². The molecule has 1 saturated carbocycles. The third-order valence-corrected chi connectivity index (χ3v) is 7.13. The van der Waals surface area contributed by atoms with Crippen molar-refractivity contribution in [1.82, 2.24) is 0 Å². The summed E-state index contributed by atoms with van der Waals surface area (Å²) in [5, 5.41) is 0. The molecule has 1 aliphatic heterocycles. The van der Waals surface area contributed by atoms with E-state index in [4.69, 9.17) is 9.47 Å². The first kappa shape index (κ1) is 16.2. The maximum atomic E-state index is 6.90. The maximum Gasteiger partial charge on any atom is 0.118 e. The van der Waals surface area contributed by atoms with Gasteiger partial charge in [-0.2, -0.15) is 0 Å². The lowest BCUT2D eigenvalue weighted by molar-refractivity contribution is -0.132. The van der Waals surface area contributed by atoms with Crippen LogP contribution in [0.4, 0.5) is 0 Å². The summed E-state index contributed by atoms with van der Waals surface area (Å²) in [5.74, 6) is 1.62. The molecule has 1 heterocycles. The van der Waals surface area contributed by atoms with Crippen molar-refractivity contribution < 1.29 is 9.47 Å². The molecule has 1 saturated heterocycles. The number of allylic oxidation sites excluding steroid dienone is 1. The lowest BCUT2D eigenvalue weighted by atomic mass is 9.55. The summed E-state index contributed by atoms with van der Waals surface area (Å²) < 4.78 is 12.2. The van der Waals surface area contributed by atoms with Gasteiger partial charge in [-0.3, -0.25) is 0 Å². The third-order valence-electron chi connectivity index (χ3n) is 7.13. The van der Waals surface area contributed by atoms with Crippen LogP contribution < -0.4 is 4.74 Å². The van der Waals surface area contributed by atoms with Crippen LogP contribution in [0.3, 0.4) is 0 Å². The van der Waals surface area contributed by atoms with Gasteiger partial charge in [0.05, 0.1) is 18.3 Å². The lowest BCUT2D eigenvalue weighted by Gasteiger charge is -2.52. The molecule has 0 aromatic heterocycles. The van der Waals surface area contributed by atoms with Crippen LogP contribution in [-0.4, -0.2) is 18.3 Å². The zero-order valence-electron chi connectivity index (χ0n) is 15.5. The maximum absolute atomic E-state index is 6.90. The van der Waals surface area contributed by atoms with E-state index in [1.54, 1.807) is 7.11 Å². The van der Waals surface area contributed by atoms with Gasteiger partial charge in [-0.05, 0) is 81.6 Å². The van der Waals surface area contributed by atoms with Gasteiger partial charge in [0.1, 0.15) is 5.75 Å². The molecule has 1 aromatic carbocycles. The highest BCUT2D eigenvalue weighted by Gasteiger charge is 2.64. The Hall–Kier alpha value is -1.28. The lowest BCUT2D eigenvalue weighted by Crippen LogP contribution is -2.52. The van der Waals surface area contributed by atoms with E-state index < -0.39 is 0 Å². The predicted molar refractivity (Wildman–Crippen MR) is 97.4 cm³/mol. The number of benzene rings is 1. The fourth-order valence-corrected chi connectivity index (χ4v) is 5.50. The number of ether oxygens (including phenoxy) is 2. The summed E-state index contributed by atoms with van der Waals surface area (Å²) in [6, 6.07) is 8.53. The zero-order valence-corrected chi connectivity index (χ0v) is 15.5. The first-order valence-electron chi connectivity index (χ1n) is 9.41. The molecule has 0 amide bonds. The van der Waals surface area contributed by atoms with Crippen LogP contribution in [0.1, 0.15) is 58.4 Å². The summed E-state index contributed by atoms with van der Waals surface area (Å²) in [7, 11) is 1.72. The molecule has 0 unspecified atom stereocenters. The van der Waals surface area contributed by atoms with Gasteiger partial charge >= 0.3 is 0 Å². The molecular weight excluding hydrogens is 296 g/mol. The fourth-order valence-electron chi connectivity index (χ4n) is 5.50. The summed E-state index contributed by atoms with van der Waals surface area (Å²) in [5.41, 5.74) is 3.15. The van der Waals surface area contributed by atoms with E-state index in [1.165, 1.54) is 43.2 Å². The van der Waals surface area contributed by atoms with E-state index in [-0.39, 0.29) is 11.2 Å². The Bertz CT molecular complexity index is 657. The number of fused-ring (bicyclic) bond motifs is 1. The molecule has 2 fully saturated rings. The molecular formula is C22H30O2. The van der Waals surface area contributed by atoms with Crippen molar-refractivity contribution in [3.05, 3.63) is 41.5 Å². The average Bonchev–Trinajstić information content (AvgIpc) is 2.79. The van der Waals surface area contributed by atoms with Crippen molar-refractivity contribution in [1.29, 1.82) is 0 Å². The fraction of sp³-hybridized carbons (Fsp3) is 0.636. The van der Waals surface area contributed by atoms with Gasteiger partial charge in [0.25, 0.3) is 0 Å². The summed E-state index contributed by atoms with van der Waals surface area (Å²) >= 11 is 0. The second kappa shape index (κ2) is 5.36. The third kappa shape index (κ3) is 2.26. The Kier molecular flexibility index (Phi) is 3.62. The normalized spacial score (nSPS) is 36.8. The topological polar surface area (TPSA) is 18.5 Å². The standard InChI is InChI=1S/C22H30O2/c1-20(2)18-11-13-21(3)12-5-6-17(22(21,15-18)24-20)14-16-7-9-19(23-4)10-8-16/h6-10,18H,5,11-15H2,1-4H3/t18-,21+,22+/m1/s1. The van der Waals surface area contributed by atoms with Crippen LogP contribution in [0.25, 0.3) is 0 Å². The molecule has 0 radical (unpaired) electrons. The Balaban J connectivity index is 1.68. The van der Waals surface area contributed by atoms with Gasteiger partial charge in [-0.15, -0.1) is 0 Å². The van der Waals surface area contributed by atoms with Gasteiger partial charge in [0.15, 0.2) is 0 Å².